The summed E-state index contributed by atoms with van der Waals surface area (Å²) in [5.41, 5.74) is 5.64. The summed E-state index contributed by atoms with van der Waals surface area (Å²) in [7, 11) is 0. The summed E-state index contributed by atoms with van der Waals surface area (Å²) in [6, 6.07) is 0.579. The van der Waals surface area contributed by atoms with Crippen LogP contribution in [0.2, 0.25) is 0 Å². The van der Waals surface area contributed by atoms with E-state index in [9.17, 15) is 0 Å². The number of nitrogens with two attached hydrogens (primary N) is 1. The third kappa shape index (κ3) is 2.53. The van der Waals surface area contributed by atoms with E-state index < -0.39 is 0 Å². The highest BCUT2D eigenvalue weighted by atomic mass is 16.3. The van der Waals surface area contributed by atoms with Gasteiger partial charge >= 0.3 is 0 Å². The highest BCUT2D eigenvalue weighted by molar-refractivity contribution is 4.91. The summed E-state index contributed by atoms with van der Waals surface area (Å²) >= 11 is 0. The van der Waals surface area contributed by atoms with Gasteiger partial charge in [0.05, 0.1) is 6.61 Å². The second kappa shape index (κ2) is 5.37. The molecule has 1 fully saturated rings. The van der Waals surface area contributed by atoms with Gasteiger partial charge in [-0.25, -0.2) is 0 Å². The Balaban J connectivity index is 2.38. The summed E-state index contributed by atoms with van der Waals surface area (Å²) < 4.78 is 0. The molecule has 0 amide bonds. The van der Waals surface area contributed by atoms with Gasteiger partial charge in [-0.15, -0.1) is 6.58 Å². The largest absolute Gasteiger partial charge is 0.395 e. The van der Waals surface area contributed by atoms with Crippen molar-refractivity contribution in [2.45, 2.75) is 18.9 Å². The Labute approximate surface area is 80.2 Å². The van der Waals surface area contributed by atoms with E-state index in [4.69, 9.17) is 10.8 Å². The van der Waals surface area contributed by atoms with E-state index in [0.717, 1.165) is 19.6 Å². The molecule has 13 heavy (non-hydrogen) atoms. The normalized spacial score (nSPS) is 27.3. The molecule has 0 saturated heterocycles. The lowest BCUT2D eigenvalue weighted by Gasteiger charge is -2.43. The minimum atomic E-state index is 0.224. The van der Waals surface area contributed by atoms with Crippen LogP contribution in [0.3, 0.4) is 0 Å². The molecule has 0 aromatic heterocycles. The molecule has 1 aliphatic carbocycles. The molecule has 0 aromatic carbocycles. The zero-order valence-corrected chi connectivity index (χ0v) is 8.15. The molecule has 0 radical (unpaired) electrons. The van der Waals surface area contributed by atoms with Crippen LogP contribution in [0.25, 0.3) is 0 Å². The number of aliphatic hydroxyl groups is 1. The zero-order chi connectivity index (χ0) is 9.68. The minimum absolute atomic E-state index is 0.224. The molecule has 0 aliphatic heterocycles. The summed E-state index contributed by atoms with van der Waals surface area (Å²) in [5.74, 6) is 0.631. The molecular weight excluding hydrogens is 164 g/mol. The lowest BCUT2D eigenvalue weighted by atomic mass is 9.78. The lowest BCUT2D eigenvalue weighted by molar-refractivity contribution is 0.0615. The third-order valence-electron chi connectivity index (χ3n) is 2.90. The van der Waals surface area contributed by atoms with Crippen LogP contribution >= 0.6 is 0 Å². The predicted molar refractivity (Wildman–Crippen MR) is 54.4 cm³/mol. The van der Waals surface area contributed by atoms with E-state index in [1.165, 1.54) is 12.8 Å². The van der Waals surface area contributed by atoms with Crippen LogP contribution in [0.1, 0.15) is 12.8 Å². The summed E-state index contributed by atoms with van der Waals surface area (Å²) in [6.45, 7) is 6.32. The second-order valence-electron chi connectivity index (χ2n) is 3.65. The Morgan fingerprint density at radius 3 is 2.69 bits per heavy atom. The molecule has 0 aromatic rings. The van der Waals surface area contributed by atoms with Crippen LogP contribution in [0, 0.1) is 5.92 Å². The van der Waals surface area contributed by atoms with Crippen LogP contribution in [0.4, 0.5) is 0 Å². The fraction of sp³-hybridized carbons (Fsp3) is 0.800. The van der Waals surface area contributed by atoms with Gasteiger partial charge in [-0.05, 0) is 25.3 Å². The van der Waals surface area contributed by atoms with E-state index in [-0.39, 0.29) is 6.61 Å². The molecule has 0 heterocycles. The van der Waals surface area contributed by atoms with E-state index in [1.807, 2.05) is 6.08 Å². The monoisotopic (exact) mass is 184 g/mol. The van der Waals surface area contributed by atoms with Crippen molar-refractivity contribution in [2.75, 3.05) is 26.2 Å². The van der Waals surface area contributed by atoms with E-state index in [1.54, 1.807) is 0 Å². The Kier molecular flexibility index (Phi) is 4.42. The van der Waals surface area contributed by atoms with Gasteiger partial charge in [0.15, 0.2) is 0 Å². The van der Waals surface area contributed by atoms with Crippen LogP contribution in [-0.4, -0.2) is 42.3 Å². The Bertz CT molecular complexity index is 159. The summed E-state index contributed by atoms with van der Waals surface area (Å²) in [5, 5.41) is 8.88. The quantitative estimate of drug-likeness (QED) is 0.580. The first-order chi connectivity index (χ1) is 6.33. The summed E-state index contributed by atoms with van der Waals surface area (Å²) in [6.07, 6.45) is 4.34. The molecule has 2 unspecified atom stereocenters. The molecule has 3 nitrogen and oxygen atoms in total. The fourth-order valence-electron chi connectivity index (χ4n) is 1.99. The van der Waals surface area contributed by atoms with Crippen LogP contribution in [0.5, 0.6) is 0 Å². The maximum Gasteiger partial charge on any atom is 0.0558 e. The molecule has 1 rings (SSSR count). The van der Waals surface area contributed by atoms with Gasteiger partial charge in [0.1, 0.15) is 0 Å². The zero-order valence-electron chi connectivity index (χ0n) is 8.15. The van der Waals surface area contributed by atoms with Gasteiger partial charge in [-0.2, -0.15) is 0 Å². The number of rotatable bonds is 6. The third-order valence-corrected chi connectivity index (χ3v) is 2.90. The van der Waals surface area contributed by atoms with Gasteiger partial charge < -0.3 is 10.8 Å². The fourth-order valence-corrected chi connectivity index (χ4v) is 1.99. The molecule has 0 spiro atoms. The van der Waals surface area contributed by atoms with Crippen LogP contribution < -0.4 is 5.73 Å². The lowest BCUT2D eigenvalue weighted by Crippen LogP contribution is -2.50. The Hall–Kier alpha value is -0.380. The van der Waals surface area contributed by atoms with Gasteiger partial charge in [0, 0.05) is 19.1 Å². The van der Waals surface area contributed by atoms with Crippen LogP contribution in [-0.2, 0) is 0 Å². The average molecular weight is 184 g/mol. The highest BCUT2D eigenvalue weighted by Gasteiger charge is 2.33. The topological polar surface area (TPSA) is 49.5 Å². The Morgan fingerprint density at radius 2 is 2.31 bits per heavy atom. The number of hydrogen-bond donors (Lipinski definition) is 2. The number of hydrogen-bond acceptors (Lipinski definition) is 3. The van der Waals surface area contributed by atoms with Crippen molar-refractivity contribution in [1.29, 1.82) is 0 Å². The van der Waals surface area contributed by atoms with Crippen molar-refractivity contribution in [2.24, 2.45) is 11.7 Å². The second-order valence-corrected chi connectivity index (χ2v) is 3.65. The average Bonchev–Trinajstić information content (AvgIpc) is 2.04. The molecule has 2 atom stereocenters. The van der Waals surface area contributed by atoms with Crippen molar-refractivity contribution < 1.29 is 5.11 Å². The van der Waals surface area contributed by atoms with Gasteiger partial charge in [0.25, 0.3) is 0 Å². The smallest absolute Gasteiger partial charge is 0.0558 e. The maximum absolute atomic E-state index is 8.88. The van der Waals surface area contributed by atoms with Gasteiger partial charge in [0.2, 0.25) is 0 Å². The standard InChI is InChI=1S/C10H20N2O/c1-2-5-12(6-7-13)10-4-3-9(10)8-11/h2,9-10,13H,1,3-8,11H2. The number of aliphatic hydroxyl groups excluding tert-OH is 1. The molecule has 3 N–H and O–H groups in total. The van der Waals surface area contributed by atoms with Crippen molar-refractivity contribution >= 4 is 0 Å². The van der Waals surface area contributed by atoms with Gasteiger partial charge in [-0.1, -0.05) is 6.08 Å². The minimum Gasteiger partial charge on any atom is -0.395 e. The first-order valence-corrected chi connectivity index (χ1v) is 4.99. The van der Waals surface area contributed by atoms with E-state index >= 15 is 0 Å². The SMILES string of the molecule is C=CCN(CCO)C1CCC1CN. The van der Waals surface area contributed by atoms with Crippen molar-refractivity contribution in [3.8, 4) is 0 Å². The molecule has 1 saturated carbocycles. The van der Waals surface area contributed by atoms with Crippen LogP contribution in [0.15, 0.2) is 12.7 Å². The molecule has 3 heteroatoms. The molecule has 0 bridgehead atoms. The predicted octanol–water partition coefficient (Wildman–Crippen LogP) is 0.204. The number of nitrogens with zero attached hydrogens (tertiary/aromatic N) is 1. The van der Waals surface area contributed by atoms with E-state index in [0.29, 0.717) is 12.0 Å². The van der Waals surface area contributed by atoms with E-state index in [2.05, 4.69) is 11.5 Å². The highest BCUT2D eigenvalue weighted by Crippen LogP contribution is 2.30. The molecule has 1 aliphatic rings. The Morgan fingerprint density at radius 1 is 1.54 bits per heavy atom. The molecular formula is C10H20N2O. The first-order valence-electron chi connectivity index (χ1n) is 4.99. The van der Waals surface area contributed by atoms with Crippen molar-refractivity contribution in [1.82, 2.24) is 4.90 Å². The maximum atomic E-state index is 8.88. The van der Waals surface area contributed by atoms with Gasteiger partial charge in [-0.3, -0.25) is 4.90 Å². The molecule has 76 valence electrons. The van der Waals surface area contributed by atoms with Crippen molar-refractivity contribution in [3.63, 3.8) is 0 Å². The first kappa shape index (κ1) is 10.7. The van der Waals surface area contributed by atoms with Crippen molar-refractivity contribution in [3.05, 3.63) is 12.7 Å². The summed E-state index contributed by atoms with van der Waals surface area (Å²) in [4.78, 5) is 2.27.